The third-order valence-electron chi connectivity index (χ3n) is 6.38. The van der Waals surface area contributed by atoms with Crippen molar-refractivity contribution < 1.29 is 32.6 Å². The van der Waals surface area contributed by atoms with E-state index in [0.29, 0.717) is 30.1 Å². The Morgan fingerprint density at radius 3 is 2.49 bits per heavy atom. The molecule has 14 heteroatoms. The van der Waals surface area contributed by atoms with E-state index >= 15 is 0 Å². The number of pyridine rings is 2. The Morgan fingerprint density at radius 1 is 1.21 bits per heavy atom. The number of alkyl halides is 3. The van der Waals surface area contributed by atoms with Crippen LogP contribution in [0.15, 0.2) is 30.6 Å². The number of hydrogen-bond acceptors (Lipinski definition) is 7. The van der Waals surface area contributed by atoms with Gasteiger partial charge < -0.3 is 25.4 Å². The average molecular weight is 550 g/mol. The van der Waals surface area contributed by atoms with E-state index in [1.54, 1.807) is 28.9 Å². The lowest BCUT2D eigenvalue weighted by molar-refractivity contribution is -0.192. The predicted octanol–water partition coefficient (Wildman–Crippen LogP) is 3.46. The smallest absolute Gasteiger partial charge is 0.490 e. The molecule has 0 saturated carbocycles. The molecule has 0 bridgehead atoms. The SMILES string of the molecule is COc1cn2nc(C)cc2cc1NC(=O)N1CCc2c(N3C[C@@H](C)N[C@@H](C)C3)ccnc21.O=C(O)C(F)(F)F. The van der Waals surface area contributed by atoms with E-state index in [0.717, 1.165) is 42.1 Å². The first-order chi connectivity index (χ1) is 18.4. The molecule has 0 aromatic carbocycles. The zero-order valence-corrected chi connectivity index (χ0v) is 21.9. The zero-order chi connectivity index (χ0) is 28.5. The molecular weight excluding hydrogens is 519 g/mol. The van der Waals surface area contributed by atoms with Gasteiger partial charge in [-0.05, 0) is 45.4 Å². The summed E-state index contributed by atoms with van der Waals surface area (Å²) in [7, 11) is 1.58. The molecule has 1 fully saturated rings. The highest BCUT2D eigenvalue weighted by Crippen LogP contribution is 2.35. The summed E-state index contributed by atoms with van der Waals surface area (Å²) in [5, 5.41) is 18.1. The Kier molecular flexibility index (Phi) is 7.86. The van der Waals surface area contributed by atoms with E-state index in [1.165, 1.54) is 5.69 Å². The summed E-state index contributed by atoms with van der Waals surface area (Å²) < 4.78 is 39.0. The van der Waals surface area contributed by atoms with Gasteiger partial charge in [0.15, 0.2) is 5.75 Å². The summed E-state index contributed by atoms with van der Waals surface area (Å²) in [5.41, 5.74) is 4.72. The number of urea groups is 1. The Balaban J connectivity index is 0.000000448. The lowest BCUT2D eigenvalue weighted by atomic mass is 10.1. The number of aromatic nitrogens is 3. The van der Waals surface area contributed by atoms with Crippen LogP contribution in [0.5, 0.6) is 5.75 Å². The van der Waals surface area contributed by atoms with Gasteiger partial charge in [0.1, 0.15) is 5.82 Å². The quantitative estimate of drug-likeness (QED) is 0.454. The summed E-state index contributed by atoms with van der Waals surface area (Å²) in [6, 6.07) is 6.53. The van der Waals surface area contributed by atoms with Gasteiger partial charge in [0.25, 0.3) is 0 Å². The fourth-order valence-electron chi connectivity index (χ4n) is 4.88. The number of carbonyl (C=O) groups excluding carboxylic acids is 1. The standard InChI is InChI=1S/C23H29N7O2.C2HF3O2/c1-14-9-17-10-19(21(32-4)13-30(17)27-14)26-23(31)29-8-6-18-20(5-7-24-22(18)29)28-11-15(2)25-16(3)12-28;3-2(4,5)1(6)7/h5,7,9-10,13,15-16,25H,6,8,11-12H2,1-4H3,(H,26,31);(H,6,7)/t15-,16+;. The monoisotopic (exact) mass is 549 g/mol. The fourth-order valence-corrected chi connectivity index (χ4v) is 4.88. The van der Waals surface area contributed by atoms with Crippen LogP contribution in [-0.4, -0.2) is 76.7 Å². The van der Waals surface area contributed by atoms with Crippen LogP contribution in [0.1, 0.15) is 25.1 Å². The normalized spacial score (nSPS) is 18.8. The van der Waals surface area contributed by atoms with Gasteiger partial charge in [0.05, 0.1) is 30.2 Å². The number of rotatable bonds is 3. The number of carbonyl (C=O) groups is 2. The molecule has 3 aromatic heterocycles. The van der Waals surface area contributed by atoms with Gasteiger partial charge in [-0.3, -0.25) is 4.90 Å². The number of nitrogens with zero attached hydrogens (tertiary/aromatic N) is 5. The lowest BCUT2D eigenvalue weighted by Crippen LogP contribution is -2.54. The van der Waals surface area contributed by atoms with Crippen LogP contribution in [0.4, 0.5) is 35.2 Å². The van der Waals surface area contributed by atoms with Crippen LogP contribution in [0, 0.1) is 6.92 Å². The number of piperazine rings is 1. The van der Waals surface area contributed by atoms with E-state index < -0.39 is 12.1 Å². The minimum absolute atomic E-state index is 0.214. The van der Waals surface area contributed by atoms with Gasteiger partial charge >= 0.3 is 18.2 Å². The van der Waals surface area contributed by atoms with E-state index in [2.05, 4.69) is 45.5 Å². The van der Waals surface area contributed by atoms with E-state index in [4.69, 9.17) is 14.6 Å². The first kappa shape index (κ1) is 28.0. The summed E-state index contributed by atoms with van der Waals surface area (Å²) in [5.74, 6) is -1.47. The highest BCUT2D eigenvalue weighted by atomic mass is 19.4. The number of aliphatic carboxylic acids is 1. The molecule has 3 N–H and O–H groups in total. The molecule has 2 aliphatic heterocycles. The Labute approximate surface area is 222 Å². The topological polar surface area (TPSA) is 124 Å². The summed E-state index contributed by atoms with van der Waals surface area (Å²) in [6.07, 6.45) is -0.714. The molecule has 210 valence electrons. The third kappa shape index (κ3) is 6.16. The number of aryl methyl sites for hydroxylation is 1. The number of carboxylic acid groups (broad SMARTS) is 1. The maximum Gasteiger partial charge on any atom is 0.490 e. The van der Waals surface area contributed by atoms with Crippen molar-refractivity contribution in [3.63, 3.8) is 0 Å². The summed E-state index contributed by atoms with van der Waals surface area (Å²) in [4.78, 5) is 30.8. The molecule has 39 heavy (non-hydrogen) atoms. The highest BCUT2D eigenvalue weighted by Gasteiger charge is 2.38. The molecule has 2 atom stereocenters. The van der Waals surface area contributed by atoms with Crippen LogP contribution >= 0.6 is 0 Å². The van der Waals surface area contributed by atoms with Crippen LogP contribution in [0.25, 0.3) is 5.52 Å². The molecule has 3 aromatic rings. The minimum atomic E-state index is -5.08. The predicted molar refractivity (Wildman–Crippen MR) is 139 cm³/mol. The van der Waals surface area contributed by atoms with Crippen molar-refractivity contribution in [2.75, 3.05) is 41.9 Å². The van der Waals surface area contributed by atoms with E-state index in [9.17, 15) is 18.0 Å². The van der Waals surface area contributed by atoms with Crippen molar-refractivity contribution in [1.29, 1.82) is 0 Å². The second kappa shape index (κ2) is 11.0. The summed E-state index contributed by atoms with van der Waals surface area (Å²) >= 11 is 0. The number of amides is 2. The van der Waals surface area contributed by atoms with E-state index in [1.807, 2.05) is 19.1 Å². The van der Waals surface area contributed by atoms with Crippen molar-refractivity contribution in [3.05, 3.63) is 41.9 Å². The lowest BCUT2D eigenvalue weighted by Gasteiger charge is -2.38. The Hall–Kier alpha value is -4.07. The number of hydrogen-bond donors (Lipinski definition) is 3. The number of methoxy groups -OCH3 is 1. The molecule has 0 aliphatic carbocycles. The van der Waals surface area contributed by atoms with Crippen LogP contribution < -0.4 is 25.2 Å². The number of fused-ring (bicyclic) bond motifs is 2. The molecular formula is C25H30F3N7O4. The van der Waals surface area contributed by atoms with Crippen molar-refractivity contribution in [3.8, 4) is 5.75 Å². The van der Waals surface area contributed by atoms with Gasteiger partial charge in [-0.2, -0.15) is 18.3 Å². The molecule has 0 spiro atoms. The minimum Gasteiger partial charge on any atom is -0.493 e. The number of carboxylic acids is 1. The maximum absolute atomic E-state index is 13.3. The first-order valence-corrected chi connectivity index (χ1v) is 12.3. The average Bonchev–Trinajstić information content (AvgIpc) is 3.44. The van der Waals surface area contributed by atoms with Crippen molar-refractivity contribution >= 4 is 34.7 Å². The van der Waals surface area contributed by atoms with Crippen LogP contribution in [0.2, 0.25) is 0 Å². The van der Waals surface area contributed by atoms with Gasteiger partial charge in [0.2, 0.25) is 0 Å². The Morgan fingerprint density at radius 2 is 1.87 bits per heavy atom. The van der Waals surface area contributed by atoms with Gasteiger partial charge in [-0.15, -0.1) is 0 Å². The number of halogens is 3. The third-order valence-corrected chi connectivity index (χ3v) is 6.38. The second-order valence-corrected chi connectivity index (χ2v) is 9.55. The van der Waals surface area contributed by atoms with Gasteiger partial charge in [0, 0.05) is 49.2 Å². The zero-order valence-electron chi connectivity index (χ0n) is 21.9. The summed E-state index contributed by atoms with van der Waals surface area (Å²) in [6.45, 7) is 8.82. The largest absolute Gasteiger partial charge is 0.493 e. The molecule has 0 radical (unpaired) electrons. The number of ether oxygens (including phenoxy) is 1. The van der Waals surface area contributed by atoms with Gasteiger partial charge in [-0.1, -0.05) is 0 Å². The molecule has 2 amide bonds. The maximum atomic E-state index is 13.3. The van der Waals surface area contributed by atoms with Crippen molar-refractivity contribution in [2.45, 2.75) is 45.5 Å². The van der Waals surface area contributed by atoms with Crippen LogP contribution in [0.3, 0.4) is 0 Å². The molecule has 5 heterocycles. The van der Waals surface area contributed by atoms with Crippen molar-refractivity contribution in [1.82, 2.24) is 19.9 Å². The first-order valence-electron chi connectivity index (χ1n) is 12.3. The molecule has 0 unspecified atom stereocenters. The van der Waals surface area contributed by atoms with Crippen molar-refractivity contribution in [2.24, 2.45) is 0 Å². The molecule has 5 rings (SSSR count). The highest BCUT2D eigenvalue weighted by molar-refractivity contribution is 6.04. The van der Waals surface area contributed by atoms with Crippen LogP contribution in [-0.2, 0) is 11.2 Å². The molecule has 1 saturated heterocycles. The Bertz CT molecular complexity index is 1370. The number of anilines is 3. The second-order valence-electron chi connectivity index (χ2n) is 9.55. The fraction of sp³-hybridized carbons (Fsp3) is 0.440. The molecule has 2 aliphatic rings. The molecule has 11 nitrogen and oxygen atoms in total. The van der Waals surface area contributed by atoms with Gasteiger partial charge in [-0.25, -0.2) is 19.1 Å². The number of nitrogens with one attached hydrogen (secondary N) is 2. The van der Waals surface area contributed by atoms with E-state index in [-0.39, 0.29) is 6.03 Å².